The third-order valence-corrected chi connectivity index (χ3v) is 3.30. The molecule has 0 unspecified atom stereocenters. The van der Waals surface area contributed by atoms with Gasteiger partial charge in [0.25, 0.3) is 0 Å². The summed E-state index contributed by atoms with van der Waals surface area (Å²) in [5.41, 5.74) is 4.96. The normalized spacial score (nSPS) is 11.6. The number of nitrogens with zero attached hydrogens (tertiary/aromatic N) is 4. The Bertz CT molecular complexity index is 879. The summed E-state index contributed by atoms with van der Waals surface area (Å²) in [6, 6.07) is 5.72. The van der Waals surface area contributed by atoms with E-state index in [0.717, 1.165) is 33.9 Å². The molecule has 0 spiro atoms. The zero-order valence-corrected chi connectivity index (χ0v) is 12.7. The Balaban J connectivity index is 1.99. The number of azo groups is 1. The first-order chi connectivity index (χ1) is 10.0. The van der Waals surface area contributed by atoms with Gasteiger partial charge in [-0.05, 0) is 51.2 Å². The molecule has 0 atom stereocenters. The van der Waals surface area contributed by atoms with Crippen LogP contribution in [0, 0.1) is 25.5 Å². The highest BCUT2D eigenvalue weighted by molar-refractivity contribution is 7.71. The summed E-state index contributed by atoms with van der Waals surface area (Å²) < 4.78 is 0.457. The Morgan fingerprint density at radius 1 is 1.05 bits per heavy atom. The van der Waals surface area contributed by atoms with Gasteiger partial charge < -0.3 is 9.97 Å². The van der Waals surface area contributed by atoms with Gasteiger partial charge in [-0.15, -0.1) is 5.11 Å². The van der Waals surface area contributed by atoms with E-state index in [4.69, 9.17) is 12.2 Å². The summed E-state index contributed by atoms with van der Waals surface area (Å²) in [7, 11) is 0. The van der Waals surface area contributed by atoms with Gasteiger partial charge in [0, 0.05) is 5.69 Å². The van der Waals surface area contributed by atoms with E-state index in [2.05, 4.69) is 30.2 Å². The molecular weight excluding hydrogens is 284 g/mol. The molecule has 0 fully saturated rings. The first kappa shape index (κ1) is 13.6. The fourth-order valence-electron chi connectivity index (χ4n) is 2.17. The van der Waals surface area contributed by atoms with Gasteiger partial charge in [-0.3, -0.25) is 0 Å². The molecular formula is C14H14N6S. The van der Waals surface area contributed by atoms with E-state index in [-0.39, 0.29) is 0 Å². The van der Waals surface area contributed by atoms with Gasteiger partial charge in [0.05, 0.1) is 22.4 Å². The summed E-state index contributed by atoms with van der Waals surface area (Å²) in [5.74, 6) is 0.880. The number of imidazole rings is 1. The van der Waals surface area contributed by atoms with Crippen molar-refractivity contribution in [1.29, 1.82) is 0 Å². The number of H-pyrrole nitrogens is 2. The maximum Gasteiger partial charge on any atom is 0.197 e. The number of rotatable bonds is 2. The zero-order valence-electron chi connectivity index (χ0n) is 11.9. The van der Waals surface area contributed by atoms with Crippen molar-refractivity contribution in [2.24, 2.45) is 10.2 Å². The van der Waals surface area contributed by atoms with Crippen LogP contribution in [0.1, 0.15) is 17.2 Å². The van der Waals surface area contributed by atoms with Crippen LogP contribution in [0.15, 0.2) is 28.4 Å². The van der Waals surface area contributed by atoms with Crippen molar-refractivity contribution in [1.82, 2.24) is 19.9 Å². The molecule has 2 N–H and O–H groups in total. The highest BCUT2D eigenvalue weighted by atomic mass is 32.1. The zero-order chi connectivity index (χ0) is 15.0. The van der Waals surface area contributed by atoms with Crippen LogP contribution in [0.3, 0.4) is 0 Å². The van der Waals surface area contributed by atoms with Crippen molar-refractivity contribution < 1.29 is 0 Å². The molecule has 2 heterocycles. The first-order valence-electron chi connectivity index (χ1n) is 6.48. The standard InChI is InChI=1S/C14H14N6S/c1-7-13(8(2)16-14(21)15-7)20-19-10-4-5-11-12(6-10)18-9(3)17-11/h4-6H,1-3H3,(H,17,18)(H,15,16,21). The van der Waals surface area contributed by atoms with E-state index in [1.54, 1.807) is 0 Å². The van der Waals surface area contributed by atoms with Gasteiger partial charge in [0.15, 0.2) is 4.77 Å². The lowest BCUT2D eigenvalue weighted by Crippen LogP contribution is -1.90. The van der Waals surface area contributed by atoms with E-state index < -0.39 is 0 Å². The smallest absolute Gasteiger partial charge is 0.197 e. The quantitative estimate of drug-likeness (QED) is 0.545. The summed E-state index contributed by atoms with van der Waals surface area (Å²) in [6.45, 7) is 5.69. The average molecular weight is 298 g/mol. The lowest BCUT2D eigenvalue weighted by atomic mass is 10.3. The molecule has 0 aliphatic rings. The Morgan fingerprint density at radius 2 is 1.86 bits per heavy atom. The topological polar surface area (TPSA) is 82.1 Å². The Hall–Kier alpha value is -2.41. The van der Waals surface area contributed by atoms with Crippen molar-refractivity contribution in [3.63, 3.8) is 0 Å². The SMILES string of the molecule is Cc1nc2ccc(N=Nc3c(C)nc(=S)[nH]c3C)cc2[nH]1. The van der Waals surface area contributed by atoms with Gasteiger partial charge in [-0.2, -0.15) is 5.11 Å². The maximum atomic E-state index is 5.03. The van der Waals surface area contributed by atoms with E-state index in [1.165, 1.54) is 0 Å². The largest absolute Gasteiger partial charge is 0.342 e. The molecule has 6 nitrogen and oxygen atoms in total. The molecule has 0 radical (unpaired) electrons. The second kappa shape index (κ2) is 5.17. The highest BCUT2D eigenvalue weighted by Crippen LogP contribution is 2.25. The number of benzene rings is 1. The maximum absolute atomic E-state index is 5.03. The third kappa shape index (κ3) is 2.73. The number of hydrogen-bond acceptors (Lipinski definition) is 5. The molecule has 0 aliphatic heterocycles. The minimum Gasteiger partial charge on any atom is -0.342 e. The predicted molar refractivity (Wildman–Crippen MR) is 83.9 cm³/mol. The lowest BCUT2D eigenvalue weighted by Gasteiger charge is -2.02. The van der Waals surface area contributed by atoms with Crippen LogP contribution in [0.5, 0.6) is 0 Å². The number of aromatic amines is 2. The number of aromatic nitrogens is 4. The molecule has 3 aromatic rings. The summed E-state index contributed by atoms with van der Waals surface area (Å²) in [4.78, 5) is 14.7. The minimum atomic E-state index is 0.457. The second-order valence-corrected chi connectivity index (χ2v) is 5.21. The van der Waals surface area contributed by atoms with Crippen LogP contribution in [0.4, 0.5) is 11.4 Å². The van der Waals surface area contributed by atoms with Crippen LogP contribution in [-0.2, 0) is 0 Å². The summed E-state index contributed by atoms with van der Waals surface area (Å²) in [6.07, 6.45) is 0. The van der Waals surface area contributed by atoms with Crippen molar-refractivity contribution in [3.05, 3.63) is 40.2 Å². The summed E-state index contributed by atoms with van der Waals surface area (Å²) in [5, 5.41) is 8.55. The predicted octanol–water partition coefficient (Wildman–Crippen LogP) is 4.36. The second-order valence-electron chi connectivity index (χ2n) is 4.82. The highest BCUT2D eigenvalue weighted by Gasteiger charge is 2.04. The van der Waals surface area contributed by atoms with E-state index in [9.17, 15) is 0 Å². The van der Waals surface area contributed by atoms with E-state index in [1.807, 2.05) is 39.0 Å². The number of aryl methyl sites for hydroxylation is 3. The van der Waals surface area contributed by atoms with Crippen molar-refractivity contribution >= 4 is 34.6 Å². The van der Waals surface area contributed by atoms with Gasteiger partial charge in [0.1, 0.15) is 11.5 Å². The molecule has 1 aromatic carbocycles. The van der Waals surface area contributed by atoms with E-state index >= 15 is 0 Å². The van der Waals surface area contributed by atoms with E-state index in [0.29, 0.717) is 10.5 Å². The fourth-order valence-corrected chi connectivity index (χ4v) is 2.46. The minimum absolute atomic E-state index is 0.457. The monoisotopic (exact) mass is 298 g/mol. The fraction of sp³-hybridized carbons (Fsp3) is 0.214. The molecule has 2 aromatic heterocycles. The van der Waals surface area contributed by atoms with Crippen LogP contribution in [0.25, 0.3) is 11.0 Å². The van der Waals surface area contributed by atoms with Crippen LogP contribution < -0.4 is 0 Å². The van der Waals surface area contributed by atoms with Crippen LogP contribution >= 0.6 is 12.2 Å². The van der Waals surface area contributed by atoms with Gasteiger partial charge in [0.2, 0.25) is 0 Å². The van der Waals surface area contributed by atoms with Gasteiger partial charge in [-0.25, -0.2) is 9.97 Å². The summed E-state index contributed by atoms with van der Waals surface area (Å²) >= 11 is 5.03. The van der Waals surface area contributed by atoms with Crippen LogP contribution in [-0.4, -0.2) is 19.9 Å². The van der Waals surface area contributed by atoms with Crippen molar-refractivity contribution in [2.45, 2.75) is 20.8 Å². The lowest BCUT2D eigenvalue weighted by molar-refractivity contribution is 1.01. The number of hydrogen-bond donors (Lipinski definition) is 2. The Morgan fingerprint density at radius 3 is 2.62 bits per heavy atom. The van der Waals surface area contributed by atoms with Crippen molar-refractivity contribution in [2.75, 3.05) is 0 Å². The molecule has 0 amide bonds. The molecule has 0 aliphatic carbocycles. The molecule has 7 heteroatoms. The van der Waals surface area contributed by atoms with Crippen molar-refractivity contribution in [3.8, 4) is 0 Å². The first-order valence-corrected chi connectivity index (χ1v) is 6.89. The molecule has 0 saturated heterocycles. The van der Waals surface area contributed by atoms with Gasteiger partial charge >= 0.3 is 0 Å². The molecule has 21 heavy (non-hydrogen) atoms. The third-order valence-electron chi connectivity index (χ3n) is 3.11. The molecule has 0 saturated carbocycles. The molecule has 3 rings (SSSR count). The molecule has 106 valence electrons. The number of nitrogens with one attached hydrogen (secondary N) is 2. The number of fused-ring (bicyclic) bond motifs is 1. The Kier molecular flexibility index (Phi) is 3.34. The molecule has 0 bridgehead atoms. The van der Waals surface area contributed by atoms with Gasteiger partial charge in [-0.1, -0.05) is 0 Å². The Labute approximate surface area is 126 Å². The average Bonchev–Trinajstić information content (AvgIpc) is 2.76. The van der Waals surface area contributed by atoms with Crippen LogP contribution in [0.2, 0.25) is 0 Å².